The molecule has 2 heterocycles. The Morgan fingerprint density at radius 3 is 2.89 bits per heavy atom. The lowest BCUT2D eigenvalue weighted by atomic mass is 10.4. The Bertz CT molecular complexity index is 630. The van der Waals surface area contributed by atoms with Crippen LogP contribution in [0.5, 0.6) is 0 Å². The van der Waals surface area contributed by atoms with Gasteiger partial charge in [0.15, 0.2) is 0 Å². The molecule has 0 atom stereocenters. The molecule has 0 spiro atoms. The molecule has 2 aromatic rings. The first-order valence-electron chi connectivity index (χ1n) is 5.27. The van der Waals surface area contributed by atoms with Gasteiger partial charge in [-0.1, -0.05) is 0 Å². The molecule has 8 heteroatoms. The van der Waals surface area contributed by atoms with E-state index in [1.807, 2.05) is 0 Å². The fourth-order valence-electron chi connectivity index (χ4n) is 1.52. The number of aryl methyl sites for hydroxylation is 1. The number of nitrogens with two attached hydrogens (primary N) is 1. The molecule has 98 valence electrons. The van der Waals surface area contributed by atoms with Crippen LogP contribution in [0.3, 0.4) is 0 Å². The van der Waals surface area contributed by atoms with Crippen molar-refractivity contribution in [3.05, 3.63) is 34.3 Å². The average molecular weight is 286 g/mol. The van der Waals surface area contributed by atoms with Gasteiger partial charge in [-0.25, -0.2) is 13.1 Å². The van der Waals surface area contributed by atoms with Gasteiger partial charge in [-0.15, -0.1) is 11.3 Å². The molecular formula is C10H14N4O2S2. The highest BCUT2D eigenvalue weighted by molar-refractivity contribution is 7.89. The molecule has 0 amide bonds. The fourth-order valence-corrected chi connectivity index (χ4v) is 3.85. The summed E-state index contributed by atoms with van der Waals surface area (Å²) in [4.78, 5) is 0.912. The fraction of sp³-hybridized carbons (Fsp3) is 0.300. The van der Waals surface area contributed by atoms with Crippen molar-refractivity contribution >= 4 is 21.4 Å². The van der Waals surface area contributed by atoms with Gasteiger partial charge in [0.25, 0.3) is 0 Å². The van der Waals surface area contributed by atoms with Gasteiger partial charge in [-0.3, -0.25) is 4.68 Å². The van der Waals surface area contributed by atoms with E-state index in [1.165, 1.54) is 11.3 Å². The maximum Gasteiger partial charge on any atom is 0.242 e. The molecule has 0 saturated heterocycles. The van der Waals surface area contributed by atoms with E-state index in [2.05, 4.69) is 9.82 Å². The molecule has 2 aromatic heterocycles. The van der Waals surface area contributed by atoms with Crippen LogP contribution in [-0.4, -0.2) is 18.2 Å². The molecule has 0 unspecified atom stereocenters. The SMILES string of the molecule is Cn1ccc(CNS(=O)(=O)c2ccsc2CN)n1. The van der Waals surface area contributed by atoms with Crippen LogP contribution in [0.4, 0.5) is 0 Å². The molecule has 2 rings (SSSR count). The summed E-state index contributed by atoms with van der Waals surface area (Å²) in [5.41, 5.74) is 6.18. The Balaban J connectivity index is 2.13. The molecule has 0 fully saturated rings. The number of hydrogen-bond acceptors (Lipinski definition) is 5. The van der Waals surface area contributed by atoms with Gasteiger partial charge < -0.3 is 5.73 Å². The summed E-state index contributed by atoms with van der Waals surface area (Å²) in [5, 5.41) is 5.83. The van der Waals surface area contributed by atoms with Crippen molar-refractivity contribution < 1.29 is 8.42 Å². The Morgan fingerprint density at radius 1 is 1.50 bits per heavy atom. The summed E-state index contributed by atoms with van der Waals surface area (Å²) in [6, 6.07) is 3.33. The van der Waals surface area contributed by atoms with E-state index in [-0.39, 0.29) is 18.0 Å². The van der Waals surface area contributed by atoms with E-state index in [9.17, 15) is 8.42 Å². The molecule has 0 aliphatic carbocycles. The van der Waals surface area contributed by atoms with E-state index >= 15 is 0 Å². The summed E-state index contributed by atoms with van der Waals surface area (Å²) in [7, 11) is -1.74. The number of sulfonamides is 1. The average Bonchev–Trinajstić information content (AvgIpc) is 2.95. The summed E-state index contributed by atoms with van der Waals surface area (Å²) in [6.45, 7) is 0.389. The molecule has 0 bridgehead atoms. The van der Waals surface area contributed by atoms with Crippen LogP contribution in [0.25, 0.3) is 0 Å². The highest BCUT2D eigenvalue weighted by Gasteiger charge is 2.18. The van der Waals surface area contributed by atoms with Gasteiger partial charge in [-0.2, -0.15) is 5.10 Å². The number of nitrogens with one attached hydrogen (secondary N) is 1. The number of thiophene rings is 1. The Kier molecular flexibility index (Phi) is 3.81. The quantitative estimate of drug-likeness (QED) is 0.833. The summed E-state index contributed by atoms with van der Waals surface area (Å²) < 4.78 is 28.3. The first-order chi connectivity index (χ1) is 8.53. The molecule has 0 saturated carbocycles. The van der Waals surface area contributed by atoms with Crippen LogP contribution in [0.15, 0.2) is 28.6 Å². The van der Waals surface area contributed by atoms with E-state index in [0.717, 1.165) is 0 Å². The number of aromatic nitrogens is 2. The Morgan fingerprint density at radius 2 is 2.28 bits per heavy atom. The van der Waals surface area contributed by atoms with Crippen LogP contribution in [0.2, 0.25) is 0 Å². The zero-order valence-corrected chi connectivity index (χ0v) is 11.5. The minimum Gasteiger partial charge on any atom is -0.326 e. The zero-order chi connectivity index (χ0) is 13.2. The summed E-state index contributed by atoms with van der Waals surface area (Å²) in [6.07, 6.45) is 1.76. The predicted molar refractivity (Wildman–Crippen MR) is 69.4 cm³/mol. The van der Waals surface area contributed by atoms with E-state index in [0.29, 0.717) is 10.6 Å². The molecule has 0 aliphatic heterocycles. The van der Waals surface area contributed by atoms with Crippen molar-refractivity contribution in [2.75, 3.05) is 0 Å². The number of rotatable bonds is 5. The van der Waals surface area contributed by atoms with Crippen molar-refractivity contribution in [3.63, 3.8) is 0 Å². The van der Waals surface area contributed by atoms with Gasteiger partial charge in [0.1, 0.15) is 0 Å². The van der Waals surface area contributed by atoms with Gasteiger partial charge in [-0.05, 0) is 17.5 Å². The second-order valence-corrected chi connectivity index (χ2v) is 6.45. The van der Waals surface area contributed by atoms with Crippen LogP contribution >= 0.6 is 11.3 Å². The van der Waals surface area contributed by atoms with Gasteiger partial charge in [0.05, 0.1) is 17.1 Å². The molecule has 0 aromatic carbocycles. The van der Waals surface area contributed by atoms with Crippen molar-refractivity contribution in [3.8, 4) is 0 Å². The maximum atomic E-state index is 12.1. The molecule has 0 radical (unpaired) electrons. The Hall–Kier alpha value is -1.22. The first-order valence-corrected chi connectivity index (χ1v) is 7.64. The number of nitrogens with zero attached hydrogens (tertiary/aromatic N) is 2. The van der Waals surface area contributed by atoms with E-state index < -0.39 is 10.0 Å². The second kappa shape index (κ2) is 5.19. The van der Waals surface area contributed by atoms with Crippen LogP contribution < -0.4 is 10.5 Å². The topological polar surface area (TPSA) is 90.0 Å². The van der Waals surface area contributed by atoms with Crippen LogP contribution in [0, 0.1) is 0 Å². The Labute approximate surface area is 109 Å². The lowest BCUT2D eigenvalue weighted by molar-refractivity contribution is 0.579. The lowest BCUT2D eigenvalue weighted by Crippen LogP contribution is -2.24. The molecular weight excluding hydrogens is 272 g/mol. The van der Waals surface area contributed by atoms with E-state index in [1.54, 1.807) is 35.4 Å². The van der Waals surface area contributed by atoms with Crippen LogP contribution in [-0.2, 0) is 30.2 Å². The van der Waals surface area contributed by atoms with Crippen molar-refractivity contribution in [1.82, 2.24) is 14.5 Å². The normalized spacial score (nSPS) is 11.9. The highest BCUT2D eigenvalue weighted by Crippen LogP contribution is 2.21. The van der Waals surface area contributed by atoms with Crippen molar-refractivity contribution in [2.45, 2.75) is 18.0 Å². The van der Waals surface area contributed by atoms with Crippen molar-refractivity contribution in [1.29, 1.82) is 0 Å². The second-order valence-electron chi connectivity index (χ2n) is 3.72. The predicted octanol–water partition coefficient (Wildman–Crippen LogP) is 0.419. The maximum absolute atomic E-state index is 12.1. The van der Waals surface area contributed by atoms with Gasteiger partial charge >= 0.3 is 0 Å². The monoisotopic (exact) mass is 286 g/mol. The minimum absolute atomic E-state index is 0.170. The van der Waals surface area contributed by atoms with E-state index in [4.69, 9.17) is 5.73 Å². The third-order valence-electron chi connectivity index (χ3n) is 2.39. The first kappa shape index (κ1) is 13.2. The molecule has 3 N–H and O–H groups in total. The molecule has 0 aliphatic rings. The third-order valence-corrected chi connectivity index (χ3v) is 4.95. The number of hydrogen-bond donors (Lipinski definition) is 2. The smallest absolute Gasteiger partial charge is 0.242 e. The highest BCUT2D eigenvalue weighted by atomic mass is 32.2. The minimum atomic E-state index is -3.52. The standard InChI is InChI=1S/C10H14N4O2S2/c1-14-4-2-8(13-14)7-12-18(15,16)10-3-5-17-9(10)6-11/h2-5,12H,6-7,11H2,1H3. The zero-order valence-electron chi connectivity index (χ0n) is 9.83. The van der Waals surface area contributed by atoms with Crippen LogP contribution in [0.1, 0.15) is 10.6 Å². The van der Waals surface area contributed by atoms with Crippen molar-refractivity contribution in [2.24, 2.45) is 12.8 Å². The summed E-state index contributed by atoms with van der Waals surface area (Å²) >= 11 is 1.34. The summed E-state index contributed by atoms with van der Waals surface area (Å²) in [5.74, 6) is 0. The lowest BCUT2D eigenvalue weighted by Gasteiger charge is -2.05. The van der Waals surface area contributed by atoms with Gasteiger partial charge in [0, 0.05) is 24.7 Å². The third kappa shape index (κ3) is 2.78. The largest absolute Gasteiger partial charge is 0.326 e. The molecule has 6 nitrogen and oxygen atoms in total. The molecule has 18 heavy (non-hydrogen) atoms. The van der Waals surface area contributed by atoms with Gasteiger partial charge in [0.2, 0.25) is 10.0 Å².